The fourth-order valence-corrected chi connectivity index (χ4v) is 1.79. The van der Waals surface area contributed by atoms with E-state index >= 15 is 0 Å². The highest BCUT2D eigenvalue weighted by atomic mass is 35.5. The van der Waals surface area contributed by atoms with E-state index in [1.54, 1.807) is 17.1 Å². The summed E-state index contributed by atoms with van der Waals surface area (Å²) in [4.78, 5) is 4.23. The van der Waals surface area contributed by atoms with Crippen molar-refractivity contribution in [2.24, 2.45) is 0 Å². The molecule has 0 spiro atoms. The van der Waals surface area contributed by atoms with E-state index < -0.39 is 0 Å². The number of oxazole rings is 1. The van der Waals surface area contributed by atoms with Crippen LogP contribution in [0.15, 0.2) is 53.3 Å². The summed E-state index contributed by atoms with van der Waals surface area (Å²) in [7, 11) is 0. The van der Waals surface area contributed by atoms with Gasteiger partial charge in [0.1, 0.15) is 6.54 Å². The predicted molar refractivity (Wildman–Crippen MR) is 68.3 cm³/mol. The first kappa shape index (κ1) is 11.0. The highest BCUT2D eigenvalue weighted by Gasteiger charge is 2.06. The summed E-state index contributed by atoms with van der Waals surface area (Å²) < 4.78 is 7.43. The Bertz CT molecular complexity index is 629. The third-order valence-electron chi connectivity index (χ3n) is 2.54. The molecule has 3 aromatic rings. The van der Waals surface area contributed by atoms with Crippen LogP contribution in [0.1, 0.15) is 5.89 Å². The Balaban J connectivity index is 1.83. The van der Waals surface area contributed by atoms with Gasteiger partial charge in [0.05, 0.1) is 6.20 Å². The number of halogens is 1. The van der Waals surface area contributed by atoms with Crippen LogP contribution in [0.25, 0.3) is 11.3 Å². The summed E-state index contributed by atoms with van der Waals surface area (Å²) >= 11 is 5.84. The molecule has 90 valence electrons. The zero-order chi connectivity index (χ0) is 12.4. The Kier molecular flexibility index (Phi) is 2.86. The summed E-state index contributed by atoms with van der Waals surface area (Å²) in [6.07, 6.45) is 5.30. The third kappa shape index (κ3) is 2.28. The molecule has 0 aliphatic rings. The second kappa shape index (κ2) is 4.66. The van der Waals surface area contributed by atoms with Gasteiger partial charge in [-0.1, -0.05) is 11.6 Å². The van der Waals surface area contributed by atoms with Crippen molar-refractivity contribution >= 4 is 11.6 Å². The number of hydrogen-bond donors (Lipinski definition) is 0. The van der Waals surface area contributed by atoms with Gasteiger partial charge in [-0.2, -0.15) is 5.10 Å². The molecular formula is C13H10ClN3O. The minimum atomic E-state index is 0.528. The summed E-state index contributed by atoms with van der Waals surface area (Å²) in [5.41, 5.74) is 0.957. The quantitative estimate of drug-likeness (QED) is 0.725. The topological polar surface area (TPSA) is 43.9 Å². The molecule has 0 radical (unpaired) electrons. The standard InChI is InChI=1S/C13H10ClN3O/c14-11-4-2-10(3-5-11)12-8-15-13(18-12)9-17-7-1-6-16-17/h1-8H,9H2. The van der Waals surface area contributed by atoms with E-state index in [4.69, 9.17) is 16.0 Å². The molecular weight excluding hydrogens is 250 g/mol. The van der Waals surface area contributed by atoms with Crippen molar-refractivity contribution in [3.05, 3.63) is 59.8 Å². The van der Waals surface area contributed by atoms with Gasteiger partial charge >= 0.3 is 0 Å². The molecule has 2 heterocycles. The van der Waals surface area contributed by atoms with E-state index in [9.17, 15) is 0 Å². The maximum Gasteiger partial charge on any atom is 0.216 e. The Morgan fingerprint density at radius 2 is 2.06 bits per heavy atom. The summed E-state index contributed by atoms with van der Waals surface area (Å²) in [5.74, 6) is 1.36. The SMILES string of the molecule is Clc1ccc(-c2cnc(Cn3cccn3)o2)cc1. The van der Waals surface area contributed by atoms with Crippen LogP contribution in [0.4, 0.5) is 0 Å². The van der Waals surface area contributed by atoms with Crippen molar-refractivity contribution in [1.29, 1.82) is 0 Å². The van der Waals surface area contributed by atoms with Crippen molar-refractivity contribution < 1.29 is 4.42 Å². The van der Waals surface area contributed by atoms with Gasteiger partial charge in [-0.3, -0.25) is 4.68 Å². The zero-order valence-electron chi connectivity index (χ0n) is 9.45. The van der Waals surface area contributed by atoms with Gasteiger partial charge < -0.3 is 4.42 Å². The molecule has 0 saturated carbocycles. The lowest BCUT2D eigenvalue weighted by Crippen LogP contribution is -1.99. The summed E-state index contributed by atoms with van der Waals surface area (Å²) in [6, 6.07) is 9.32. The normalized spacial score (nSPS) is 10.7. The molecule has 0 amide bonds. The minimum Gasteiger partial charge on any atom is -0.439 e. The predicted octanol–water partition coefficient (Wildman–Crippen LogP) is 3.24. The van der Waals surface area contributed by atoms with Gasteiger partial charge in [0.25, 0.3) is 0 Å². The Morgan fingerprint density at radius 3 is 2.78 bits per heavy atom. The van der Waals surface area contributed by atoms with Crippen molar-refractivity contribution in [2.45, 2.75) is 6.54 Å². The molecule has 0 N–H and O–H groups in total. The van der Waals surface area contributed by atoms with E-state index in [1.165, 1.54) is 0 Å². The smallest absolute Gasteiger partial charge is 0.216 e. The monoisotopic (exact) mass is 259 g/mol. The highest BCUT2D eigenvalue weighted by molar-refractivity contribution is 6.30. The van der Waals surface area contributed by atoms with Gasteiger partial charge in [-0.25, -0.2) is 4.98 Å². The lowest BCUT2D eigenvalue weighted by Gasteiger charge is -1.97. The third-order valence-corrected chi connectivity index (χ3v) is 2.79. The van der Waals surface area contributed by atoms with Crippen LogP contribution >= 0.6 is 11.6 Å². The number of aromatic nitrogens is 3. The van der Waals surface area contributed by atoms with Crippen LogP contribution in [0.3, 0.4) is 0 Å². The fraction of sp³-hybridized carbons (Fsp3) is 0.0769. The molecule has 5 heteroatoms. The van der Waals surface area contributed by atoms with Crippen LogP contribution in [0, 0.1) is 0 Å². The summed E-state index contributed by atoms with van der Waals surface area (Å²) in [6.45, 7) is 0.528. The Morgan fingerprint density at radius 1 is 1.22 bits per heavy atom. The molecule has 0 saturated heterocycles. The molecule has 0 atom stereocenters. The van der Waals surface area contributed by atoms with E-state index in [2.05, 4.69) is 10.1 Å². The molecule has 0 bridgehead atoms. The van der Waals surface area contributed by atoms with Crippen molar-refractivity contribution in [3.63, 3.8) is 0 Å². The maximum absolute atomic E-state index is 5.84. The summed E-state index contributed by atoms with van der Waals surface area (Å²) in [5, 5.41) is 4.81. The Labute approximate surface area is 109 Å². The first-order chi connectivity index (χ1) is 8.81. The first-order valence-electron chi connectivity index (χ1n) is 5.49. The van der Waals surface area contributed by atoms with Crippen molar-refractivity contribution in [3.8, 4) is 11.3 Å². The number of rotatable bonds is 3. The lowest BCUT2D eigenvalue weighted by atomic mass is 10.2. The second-order valence-corrected chi connectivity index (χ2v) is 4.27. The van der Waals surface area contributed by atoms with Gasteiger partial charge in [-0.05, 0) is 30.3 Å². The average molecular weight is 260 g/mol. The lowest BCUT2D eigenvalue weighted by molar-refractivity contribution is 0.474. The van der Waals surface area contributed by atoms with Crippen LogP contribution in [-0.4, -0.2) is 14.8 Å². The minimum absolute atomic E-state index is 0.528. The van der Waals surface area contributed by atoms with Gasteiger partial charge in [-0.15, -0.1) is 0 Å². The molecule has 4 nitrogen and oxygen atoms in total. The molecule has 1 aromatic carbocycles. The number of hydrogen-bond acceptors (Lipinski definition) is 3. The van der Waals surface area contributed by atoms with E-state index in [0.717, 1.165) is 11.3 Å². The molecule has 2 aromatic heterocycles. The molecule has 0 unspecified atom stereocenters. The van der Waals surface area contributed by atoms with Crippen LogP contribution < -0.4 is 0 Å². The van der Waals surface area contributed by atoms with E-state index in [0.29, 0.717) is 17.5 Å². The molecule has 0 aliphatic carbocycles. The molecule has 0 aliphatic heterocycles. The van der Waals surface area contributed by atoms with Gasteiger partial charge in [0, 0.05) is 23.0 Å². The van der Waals surface area contributed by atoms with E-state index in [-0.39, 0.29) is 0 Å². The number of benzene rings is 1. The molecule has 3 rings (SSSR count). The van der Waals surface area contributed by atoms with Gasteiger partial charge in [0.2, 0.25) is 5.89 Å². The van der Waals surface area contributed by atoms with Crippen molar-refractivity contribution in [1.82, 2.24) is 14.8 Å². The fourth-order valence-electron chi connectivity index (χ4n) is 1.66. The number of nitrogens with zero attached hydrogens (tertiary/aromatic N) is 3. The Hall–Kier alpha value is -2.07. The van der Waals surface area contributed by atoms with Crippen LogP contribution in [0.5, 0.6) is 0 Å². The highest BCUT2D eigenvalue weighted by Crippen LogP contribution is 2.22. The molecule has 18 heavy (non-hydrogen) atoms. The zero-order valence-corrected chi connectivity index (χ0v) is 10.2. The van der Waals surface area contributed by atoms with Crippen LogP contribution in [0.2, 0.25) is 5.02 Å². The largest absolute Gasteiger partial charge is 0.439 e. The van der Waals surface area contributed by atoms with Gasteiger partial charge in [0.15, 0.2) is 5.76 Å². The maximum atomic E-state index is 5.84. The molecule has 0 fully saturated rings. The van der Waals surface area contributed by atoms with E-state index in [1.807, 2.05) is 36.5 Å². The van der Waals surface area contributed by atoms with Crippen LogP contribution in [-0.2, 0) is 6.54 Å². The second-order valence-electron chi connectivity index (χ2n) is 3.83. The first-order valence-corrected chi connectivity index (χ1v) is 5.87. The van der Waals surface area contributed by atoms with Crippen molar-refractivity contribution in [2.75, 3.05) is 0 Å². The average Bonchev–Trinajstić information content (AvgIpc) is 3.02.